The molecule has 20 heavy (non-hydrogen) atoms. The first-order chi connectivity index (χ1) is 9.72. The van der Waals surface area contributed by atoms with Crippen LogP contribution in [-0.2, 0) is 0 Å². The molecule has 1 aliphatic heterocycles. The number of hydrogen-bond acceptors (Lipinski definition) is 3. The zero-order valence-corrected chi connectivity index (χ0v) is 12.9. The summed E-state index contributed by atoms with van der Waals surface area (Å²) >= 11 is 3.54. The van der Waals surface area contributed by atoms with Gasteiger partial charge in [0.05, 0.1) is 5.54 Å². The molecule has 108 valence electrons. The molecule has 2 aliphatic rings. The van der Waals surface area contributed by atoms with Crippen molar-refractivity contribution in [2.24, 2.45) is 0 Å². The van der Waals surface area contributed by atoms with Crippen LogP contribution in [0.5, 0.6) is 11.5 Å². The van der Waals surface area contributed by atoms with Gasteiger partial charge >= 0.3 is 0 Å². The second-order valence-corrected chi connectivity index (χ2v) is 5.99. The summed E-state index contributed by atoms with van der Waals surface area (Å²) in [6.45, 7) is 1.09. The molecule has 5 heteroatoms. The van der Waals surface area contributed by atoms with Crippen LogP contribution in [0.25, 0.3) is 0 Å². The summed E-state index contributed by atoms with van der Waals surface area (Å²) in [5, 5.41) is 3.98. The Bertz CT molecular complexity index is 512. The van der Waals surface area contributed by atoms with E-state index in [2.05, 4.69) is 21.2 Å². The summed E-state index contributed by atoms with van der Waals surface area (Å²) in [7, 11) is 0. The third-order valence-corrected chi connectivity index (χ3v) is 5.07. The lowest BCUT2D eigenvalue weighted by Crippen LogP contribution is -2.47. The van der Waals surface area contributed by atoms with Crippen LogP contribution in [0, 0.1) is 0 Å². The number of halogens is 1. The molecule has 1 fully saturated rings. The zero-order chi connectivity index (χ0) is 14.0. The van der Waals surface area contributed by atoms with E-state index in [1.807, 2.05) is 0 Å². The highest BCUT2D eigenvalue weighted by Gasteiger charge is 2.34. The monoisotopic (exact) mass is 339 g/mol. The van der Waals surface area contributed by atoms with Crippen LogP contribution in [0.15, 0.2) is 18.2 Å². The van der Waals surface area contributed by atoms with Gasteiger partial charge in [-0.25, -0.2) is 0 Å². The lowest BCUT2D eigenvalue weighted by atomic mass is 10.00. The average molecular weight is 340 g/mol. The largest absolute Gasteiger partial charge is 0.486 e. The van der Waals surface area contributed by atoms with Crippen LogP contribution >= 0.6 is 15.9 Å². The minimum Gasteiger partial charge on any atom is -0.486 e. The van der Waals surface area contributed by atoms with E-state index in [9.17, 15) is 4.79 Å². The van der Waals surface area contributed by atoms with Crippen molar-refractivity contribution in [3.63, 3.8) is 0 Å². The number of amides is 1. The fraction of sp³-hybridized carbons (Fsp3) is 0.533. The quantitative estimate of drug-likeness (QED) is 0.861. The second kappa shape index (κ2) is 5.64. The van der Waals surface area contributed by atoms with Gasteiger partial charge in [-0.15, -0.1) is 0 Å². The van der Waals surface area contributed by atoms with Gasteiger partial charge in [-0.2, -0.15) is 0 Å². The number of hydrogen-bond donors (Lipinski definition) is 1. The summed E-state index contributed by atoms with van der Waals surface area (Å²) in [5.74, 6) is 1.33. The van der Waals surface area contributed by atoms with Gasteiger partial charge in [0.15, 0.2) is 11.5 Å². The van der Waals surface area contributed by atoms with Gasteiger partial charge in [0.1, 0.15) is 13.2 Å². The molecule has 0 atom stereocenters. The predicted molar refractivity (Wildman–Crippen MR) is 79.9 cm³/mol. The van der Waals surface area contributed by atoms with E-state index in [1.54, 1.807) is 18.2 Å². The smallest absolute Gasteiger partial charge is 0.251 e. The molecule has 1 aliphatic carbocycles. The van der Waals surface area contributed by atoms with Crippen LogP contribution in [0.2, 0.25) is 0 Å². The Labute approximate surface area is 127 Å². The molecule has 0 aromatic heterocycles. The molecule has 1 aromatic carbocycles. The Hall–Kier alpha value is -1.23. The lowest BCUT2D eigenvalue weighted by molar-refractivity contribution is 0.0909. The van der Waals surface area contributed by atoms with Crippen LogP contribution in [0.1, 0.15) is 36.0 Å². The molecule has 0 radical (unpaired) electrons. The van der Waals surface area contributed by atoms with Gasteiger partial charge < -0.3 is 14.8 Å². The third-order valence-electron chi connectivity index (χ3n) is 4.00. The van der Waals surface area contributed by atoms with Gasteiger partial charge in [0.25, 0.3) is 5.91 Å². The minimum atomic E-state index is -0.0929. The first-order valence-corrected chi connectivity index (χ1v) is 8.13. The number of carbonyl (C=O) groups excluding carboxylic acids is 1. The molecule has 1 amide bonds. The van der Waals surface area contributed by atoms with E-state index < -0.39 is 0 Å². The molecule has 1 saturated carbocycles. The summed E-state index contributed by atoms with van der Waals surface area (Å²) < 4.78 is 11.0. The Kier molecular flexibility index (Phi) is 3.87. The highest BCUT2D eigenvalue weighted by Crippen LogP contribution is 2.33. The van der Waals surface area contributed by atoms with Crippen molar-refractivity contribution in [2.45, 2.75) is 31.2 Å². The average Bonchev–Trinajstić information content (AvgIpc) is 2.96. The van der Waals surface area contributed by atoms with Gasteiger partial charge in [-0.3, -0.25) is 4.79 Å². The molecular formula is C15H18BrNO3. The summed E-state index contributed by atoms with van der Waals surface area (Å²) in [5.41, 5.74) is 0.533. The third kappa shape index (κ3) is 2.64. The Morgan fingerprint density at radius 1 is 1.20 bits per heavy atom. The van der Waals surface area contributed by atoms with Crippen molar-refractivity contribution in [3.8, 4) is 11.5 Å². The first kappa shape index (κ1) is 13.7. The molecule has 1 heterocycles. The SMILES string of the molecule is O=C(NC1(CBr)CCCC1)c1ccc2c(c1)OCCO2. The highest BCUT2D eigenvalue weighted by atomic mass is 79.9. The maximum absolute atomic E-state index is 12.4. The Morgan fingerprint density at radius 3 is 2.60 bits per heavy atom. The van der Waals surface area contributed by atoms with Gasteiger partial charge in [0.2, 0.25) is 0 Å². The molecule has 1 N–H and O–H groups in total. The van der Waals surface area contributed by atoms with Crippen LogP contribution in [0.3, 0.4) is 0 Å². The maximum atomic E-state index is 12.4. The number of ether oxygens (including phenoxy) is 2. The van der Waals surface area contributed by atoms with Gasteiger partial charge in [0, 0.05) is 10.9 Å². The zero-order valence-electron chi connectivity index (χ0n) is 11.3. The van der Waals surface area contributed by atoms with E-state index in [0.29, 0.717) is 30.3 Å². The highest BCUT2D eigenvalue weighted by molar-refractivity contribution is 9.09. The number of benzene rings is 1. The lowest BCUT2D eigenvalue weighted by Gasteiger charge is -2.28. The topological polar surface area (TPSA) is 47.6 Å². The number of alkyl halides is 1. The summed E-state index contributed by atoms with van der Waals surface area (Å²) in [4.78, 5) is 12.4. The predicted octanol–water partition coefficient (Wildman–Crippen LogP) is 2.90. The molecule has 4 nitrogen and oxygen atoms in total. The Morgan fingerprint density at radius 2 is 1.90 bits per heavy atom. The molecule has 3 rings (SSSR count). The van der Waals surface area contributed by atoms with Crippen molar-refractivity contribution in [1.82, 2.24) is 5.32 Å². The van der Waals surface area contributed by atoms with E-state index >= 15 is 0 Å². The molecule has 0 unspecified atom stereocenters. The van der Waals surface area contributed by atoms with Crippen LogP contribution in [-0.4, -0.2) is 30.0 Å². The normalized spacial score (nSPS) is 19.6. The molecule has 1 aromatic rings. The maximum Gasteiger partial charge on any atom is 0.251 e. The molecular weight excluding hydrogens is 322 g/mol. The molecule has 0 bridgehead atoms. The first-order valence-electron chi connectivity index (χ1n) is 7.01. The minimum absolute atomic E-state index is 0.0386. The van der Waals surface area contributed by atoms with Crippen LogP contribution < -0.4 is 14.8 Å². The Balaban J connectivity index is 1.77. The summed E-state index contributed by atoms with van der Waals surface area (Å²) in [6.07, 6.45) is 4.42. The second-order valence-electron chi connectivity index (χ2n) is 5.43. The number of rotatable bonds is 3. The standard InChI is InChI=1S/C15H18BrNO3/c16-10-15(5-1-2-6-15)17-14(18)11-3-4-12-13(9-11)20-8-7-19-12/h3-4,9H,1-2,5-8,10H2,(H,17,18). The number of nitrogens with one attached hydrogen (secondary N) is 1. The number of carbonyl (C=O) groups is 1. The van der Waals surface area contributed by atoms with Crippen LogP contribution in [0.4, 0.5) is 0 Å². The van der Waals surface area contributed by atoms with Crippen molar-refractivity contribution < 1.29 is 14.3 Å². The van der Waals surface area contributed by atoms with Crippen molar-refractivity contribution in [1.29, 1.82) is 0 Å². The molecule has 0 saturated heterocycles. The van der Waals surface area contributed by atoms with Crippen molar-refractivity contribution in [2.75, 3.05) is 18.5 Å². The van der Waals surface area contributed by atoms with E-state index in [4.69, 9.17) is 9.47 Å². The fourth-order valence-corrected chi connectivity index (χ4v) is 3.54. The summed E-state index contributed by atoms with van der Waals surface area (Å²) in [6, 6.07) is 5.36. The molecule has 0 spiro atoms. The van der Waals surface area contributed by atoms with Crippen molar-refractivity contribution in [3.05, 3.63) is 23.8 Å². The van der Waals surface area contributed by atoms with Gasteiger partial charge in [-0.05, 0) is 31.0 Å². The van der Waals surface area contributed by atoms with Gasteiger partial charge in [-0.1, -0.05) is 28.8 Å². The van der Waals surface area contributed by atoms with Crippen molar-refractivity contribution >= 4 is 21.8 Å². The number of fused-ring (bicyclic) bond motifs is 1. The fourth-order valence-electron chi connectivity index (χ4n) is 2.84. The van der Waals surface area contributed by atoms with E-state index in [1.165, 1.54) is 12.8 Å². The van der Waals surface area contributed by atoms with E-state index in [0.717, 1.165) is 18.2 Å². The van der Waals surface area contributed by atoms with E-state index in [-0.39, 0.29) is 11.4 Å².